The van der Waals surface area contributed by atoms with Crippen molar-refractivity contribution < 1.29 is 9.26 Å². The van der Waals surface area contributed by atoms with Crippen LogP contribution in [0.1, 0.15) is 35.2 Å². The second-order valence-electron chi connectivity index (χ2n) is 5.76. The highest BCUT2D eigenvalue weighted by Gasteiger charge is 2.23. The third-order valence-electron chi connectivity index (χ3n) is 3.76. The van der Waals surface area contributed by atoms with Crippen LogP contribution in [0.3, 0.4) is 0 Å². The topological polar surface area (TPSA) is 51.4 Å². The first kappa shape index (κ1) is 14.2. The second-order valence-corrected chi connectivity index (χ2v) is 5.76. The van der Waals surface area contributed by atoms with E-state index in [0.717, 1.165) is 25.4 Å². The van der Waals surface area contributed by atoms with E-state index in [2.05, 4.69) is 53.3 Å². The number of ether oxygens (including phenoxy) is 1. The van der Waals surface area contributed by atoms with E-state index >= 15 is 0 Å². The van der Waals surface area contributed by atoms with Crippen molar-refractivity contribution >= 4 is 0 Å². The highest BCUT2D eigenvalue weighted by Crippen LogP contribution is 2.22. The molecule has 1 saturated heterocycles. The van der Waals surface area contributed by atoms with Gasteiger partial charge in [-0.3, -0.25) is 4.90 Å². The molecule has 0 aliphatic carbocycles. The Morgan fingerprint density at radius 3 is 2.76 bits per heavy atom. The Balaban J connectivity index is 1.56. The number of aromatic nitrogens is 2. The number of aryl methyl sites for hydroxylation is 1. The maximum atomic E-state index is 5.36. The summed E-state index contributed by atoms with van der Waals surface area (Å²) in [4.78, 5) is 6.66. The van der Waals surface area contributed by atoms with Gasteiger partial charge in [-0.2, -0.15) is 4.98 Å². The van der Waals surface area contributed by atoms with E-state index in [1.54, 1.807) is 0 Å². The van der Waals surface area contributed by atoms with Crippen LogP contribution in [0.2, 0.25) is 0 Å². The highest BCUT2D eigenvalue weighted by molar-refractivity contribution is 5.21. The van der Waals surface area contributed by atoms with Gasteiger partial charge in [0.05, 0.1) is 13.2 Å². The van der Waals surface area contributed by atoms with Crippen molar-refractivity contribution in [2.45, 2.75) is 32.4 Å². The van der Waals surface area contributed by atoms with Gasteiger partial charge in [-0.25, -0.2) is 0 Å². The van der Waals surface area contributed by atoms with E-state index in [4.69, 9.17) is 9.26 Å². The zero-order chi connectivity index (χ0) is 14.7. The fourth-order valence-electron chi connectivity index (χ4n) is 2.53. The van der Waals surface area contributed by atoms with Crippen molar-refractivity contribution in [1.29, 1.82) is 0 Å². The number of nitrogens with zero attached hydrogens (tertiary/aromatic N) is 3. The molecule has 5 heteroatoms. The first-order chi connectivity index (χ1) is 10.2. The molecule has 5 nitrogen and oxygen atoms in total. The summed E-state index contributed by atoms with van der Waals surface area (Å²) in [7, 11) is 2.06. The van der Waals surface area contributed by atoms with E-state index in [1.165, 1.54) is 11.1 Å². The molecule has 1 aromatic heterocycles. The zero-order valence-corrected chi connectivity index (χ0v) is 12.6. The largest absolute Gasteiger partial charge is 0.381 e. The van der Waals surface area contributed by atoms with Crippen molar-refractivity contribution in [3.05, 3.63) is 47.1 Å². The summed E-state index contributed by atoms with van der Waals surface area (Å²) in [5, 5.41) is 4.08. The minimum Gasteiger partial charge on any atom is -0.381 e. The van der Waals surface area contributed by atoms with Gasteiger partial charge in [0.15, 0.2) is 5.82 Å². The molecule has 1 aliphatic rings. The number of benzene rings is 1. The van der Waals surface area contributed by atoms with E-state index in [9.17, 15) is 0 Å². The third kappa shape index (κ3) is 3.68. The summed E-state index contributed by atoms with van der Waals surface area (Å²) in [5.74, 6) is 1.75. The molecule has 0 bridgehead atoms. The molecule has 2 aromatic rings. The van der Waals surface area contributed by atoms with Crippen LogP contribution in [0.4, 0.5) is 0 Å². The summed E-state index contributed by atoms with van der Waals surface area (Å²) >= 11 is 0. The average Bonchev–Trinajstić information content (AvgIpc) is 3.12. The standard InChI is InChI=1S/C16H21N3O2/c1-12-3-5-13(6-4-12)9-19(2)10-15-17-16(18-21-15)14-7-8-20-11-14/h3-6,14H,7-11H2,1-2H3. The smallest absolute Gasteiger partial charge is 0.240 e. The van der Waals surface area contributed by atoms with Crippen LogP contribution < -0.4 is 0 Å². The lowest BCUT2D eigenvalue weighted by atomic mass is 10.1. The molecule has 1 fully saturated rings. The van der Waals surface area contributed by atoms with Crippen LogP contribution in [0.15, 0.2) is 28.8 Å². The summed E-state index contributed by atoms with van der Waals surface area (Å²) < 4.78 is 10.7. The van der Waals surface area contributed by atoms with Crippen LogP contribution in [0.5, 0.6) is 0 Å². The molecule has 1 unspecified atom stereocenters. The van der Waals surface area contributed by atoms with E-state index < -0.39 is 0 Å². The van der Waals surface area contributed by atoms with E-state index in [-0.39, 0.29) is 0 Å². The quantitative estimate of drug-likeness (QED) is 0.845. The van der Waals surface area contributed by atoms with Gasteiger partial charge in [0.2, 0.25) is 5.89 Å². The van der Waals surface area contributed by atoms with Gasteiger partial charge < -0.3 is 9.26 Å². The average molecular weight is 287 g/mol. The first-order valence-corrected chi connectivity index (χ1v) is 7.35. The van der Waals surface area contributed by atoms with Gasteiger partial charge >= 0.3 is 0 Å². The Bertz CT molecular complexity index is 573. The summed E-state index contributed by atoms with van der Waals surface area (Å²) in [6.45, 7) is 5.12. The molecule has 1 atom stereocenters. The minimum absolute atomic E-state index is 0.296. The Hall–Kier alpha value is -1.72. The Morgan fingerprint density at radius 1 is 1.24 bits per heavy atom. The Labute approximate surface area is 124 Å². The molecule has 0 amide bonds. The maximum absolute atomic E-state index is 5.36. The molecule has 1 aromatic carbocycles. The monoisotopic (exact) mass is 287 g/mol. The number of rotatable bonds is 5. The van der Waals surface area contributed by atoms with E-state index in [1.807, 2.05) is 0 Å². The van der Waals surface area contributed by atoms with Crippen molar-refractivity contribution in [3.63, 3.8) is 0 Å². The zero-order valence-electron chi connectivity index (χ0n) is 12.6. The van der Waals surface area contributed by atoms with Crippen LogP contribution in [0.25, 0.3) is 0 Å². The second kappa shape index (κ2) is 6.37. The van der Waals surface area contributed by atoms with Gasteiger partial charge in [-0.05, 0) is 26.0 Å². The Morgan fingerprint density at radius 2 is 2.05 bits per heavy atom. The van der Waals surface area contributed by atoms with Crippen LogP contribution in [-0.4, -0.2) is 35.3 Å². The molecule has 0 spiro atoms. The van der Waals surface area contributed by atoms with Gasteiger partial charge in [-0.15, -0.1) is 0 Å². The molecular weight excluding hydrogens is 266 g/mol. The van der Waals surface area contributed by atoms with Crippen molar-refractivity contribution in [2.75, 3.05) is 20.3 Å². The molecule has 2 heterocycles. The number of hydrogen-bond acceptors (Lipinski definition) is 5. The molecule has 1 aliphatic heterocycles. The lowest BCUT2D eigenvalue weighted by Crippen LogP contribution is -2.17. The van der Waals surface area contributed by atoms with Gasteiger partial charge in [0.25, 0.3) is 0 Å². The van der Waals surface area contributed by atoms with Gasteiger partial charge in [0.1, 0.15) is 0 Å². The highest BCUT2D eigenvalue weighted by atomic mass is 16.5. The van der Waals surface area contributed by atoms with Crippen LogP contribution in [-0.2, 0) is 17.8 Å². The van der Waals surface area contributed by atoms with Crippen molar-refractivity contribution in [3.8, 4) is 0 Å². The fraction of sp³-hybridized carbons (Fsp3) is 0.500. The molecule has 3 rings (SSSR count). The van der Waals surface area contributed by atoms with Crippen LogP contribution in [0, 0.1) is 6.92 Å². The SMILES string of the molecule is Cc1ccc(CN(C)Cc2nc(C3CCOC3)no2)cc1. The van der Waals surface area contributed by atoms with Gasteiger partial charge in [-0.1, -0.05) is 35.0 Å². The van der Waals surface area contributed by atoms with Crippen molar-refractivity contribution in [1.82, 2.24) is 15.0 Å². The van der Waals surface area contributed by atoms with Crippen LogP contribution >= 0.6 is 0 Å². The predicted molar refractivity (Wildman–Crippen MR) is 78.8 cm³/mol. The molecule has 21 heavy (non-hydrogen) atoms. The van der Waals surface area contributed by atoms with E-state index in [0.29, 0.717) is 25.0 Å². The minimum atomic E-state index is 0.296. The fourth-order valence-corrected chi connectivity index (χ4v) is 2.53. The predicted octanol–water partition coefficient (Wildman–Crippen LogP) is 2.51. The summed E-state index contributed by atoms with van der Waals surface area (Å²) in [6, 6.07) is 8.57. The lowest BCUT2D eigenvalue weighted by molar-refractivity contribution is 0.192. The Kier molecular flexibility index (Phi) is 4.31. The lowest BCUT2D eigenvalue weighted by Gasteiger charge is -2.14. The summed E-state index contributed by atoms with van der Waals surface area (Å²) in [5.41, 5.74) is 2.56. The van der Waals surface area contributed by atoms with Gasteiger partial charge in [0, 0.05) is 19.1 Å². The molecule has 0 N–H and O–H groups in total. The maximum Gasteiger partial charge on any atom is 0.240 e. The molecule has 112 valence electrons. The molecular formula is C16H21N3O2. The number of hydrogen-bond donors (Lipinski definition) is 0. The third-order valence-corrected chi connectivity index (χ3v) is 3.76. The molecule has 0 radical (unpaired) electrons. The summed E-state index contributed by atoms with van der Waals surface area (Å²) in [6.07, 6.45) is 0.984. The first-order valence-electron chi connectivity index (χ1n) is 7.35. The normalized spacial score (nSPS) is 18.5. The molecule has 0 saturated carbocycles. The van der Waals surface area contributed by atoms with Crippen molar-refractivity contribution in [2.24, 2.45) is 0 Å².